The number of hydrogen-bond acceptors (Lipinski definition) is 1. The van der Waals surface area contributed by atoms with Gasteiger partial charge in [-0.05, 0) is 18.1 Å². The second-order valence-electron chi connectivity index (χ2n) is 4.20. The number of carbonyl (C=O) groups excluding carboxylic acids is 1. The molecule has 0 saturated heterocycles. The third-order valence-corrected chi connectivity index (χ3v) is 2.66. The molecule has 1 aromatic heterocycles. The predicted octanol–water partition coefficient (Wildman–Crippen LogP) is 4.05. The molecule has 2 heteroatoms. The second-order valence-corrected chi connectivity index (χ2v) is 4.20. The van der Waals surface area contributed by atoms with Crippen molar-refractivity contribution in [3.63, 3.8) is 0 Å². The van der Waals surface area contributed by atoms with E-state index in [0.717, 1.165) is 28.2 Å². The molecule has 0 atom stereocenters. The zero-order chi connectivity index (χ0) is 12.4. The summed E-state index contributed by atoms with van der Waals surface area (Å²) in [5, 5.41) is 0. The molecule has 2 rings (SSSR count). The van der Waals surface area contributed by atoms with Gasteiger partial charge >= 0.3 is 11.5 Å². The fourth-order valence-corrected chi connectivity index (χ4v) is 1.86. The fourth-order valence-electron chi connectivity index (χ4n) is 1.86. The van der Waals surface area contributed by atoms with Crippen LogP contribution in [0.5, 0.6) is 0 Å². The lowest BCUT2D eigenvalue weighted by Crippen LogP contribution is -1.91. The summed E-state index contributed by atoms with van der Waals surface area (Å²) in [7, 11) is 0. The number of Topliss-reactive ketones (excluding diaryl/α,β-unsaturated/α-hetero) is 1. The molecule has 0 bridgehead atoms. The summed E-state index contributed by atoms with van der Waals surface area (Å²) in [6.07, 6.45) is 0. The molecule has 0 fully saturated rings. The Morgan fingerprint density at radius 2 is 1.47 bits per heavy atom. The van der Waals surface area contributed by atoms with Gasteiger partial charge < -0.3 is 0 Å². The molecule has 0 aliphatic heterocycles. The largest absolute Gasteiger partial charge is 0.327 e. The molecular formula is C15H15O2+. The standard InChI is InChI=1S/C15H15O2/c1-10-8-15(9-11(2)17-10)14-6-4-13(5-7-14)12(3)16/h4-9H,1-3H3/q+1. The van der Waals surface area contributed by atoms with Crippen molar-refractivity contribution in [2.24, 2.45) is 0 Å². The number of rotatable bonds is 2. The van der Waals surface area contributed by atoms with E-state index in [0.29, 0.717) is 0 Å². The second kappa shape index (κ2) is 4.50. The summed E-state index contributed by atoms with van der Waals surface area (Å²) in [4.78, 5) is 11.2. The van der Waals surface area contributed by atoms with Gasteiger partial charge in [-0.3, -0.25) is 4.79 Å². The normalized spacial score (nSPS) is 10.3. The van der Waals surface area contributed by atoms with E-state index < -0.39 is 0 Å². The molecule has 0 unspecified atom stereocenters. The van der Waals surface area contributed by atoms with Crippen LogP contribution in [0.25, 0.3) is 11.1 Å². The molecule has 1 aromatic carbocycles. The highest BCUT2D eigenvalue weighted by molar-refractivity contribution is 5.94. The Morgan fingerprint density at radius 3 is 1.94 bits per heavy atom. The molecule has 0 N–H and O–H groups in total. The van der Waals surface area contributed by atoms with Gasteiger partial charge in [0.15, 0.2) is 5.78 Å². The van der Waals surface area contributed by atoms with Crippen LogP contribution in [0.3, 0.4) is 0 Å². The van der Waals surface area contributed by atoms with E-state index in [9.17, 15) is 4.79 Å². The molecule has 17 heavy (non-hydrogen) atoms. The van der Waals surface area contributed by atoms with E-state index in [1.165, 1.54) is 0 Å². The molecule has 2 nitrogen and oxygen atoms in total. The Kier molecular flexibility index (Phi) is 3.05. The van der Waals surface area contributed by atoms with Crippen LogP contribution < -0.4 is 0 Å². The minimum atomic E-state index is 0.0898. The first-order valence-corrected chi connectivity index (χ1v) is 5.59. The predicted molar refractivity (Wildman–Crippen MR) is 68.0 cm³/mol. The van der Waals surface area contributed by atoms with Crippen LogP contribution in [0.1, 0.15) is 28.8 Å². The summed E-state index contributed by atoms with van der Waals surface area (Å²) in [6.45, 7) is 5.44. The first kappa shape index (κ1) is 11.5. The summed E-state index contributed by atoms with van der Waals surface area (Å²) < 4.78 is 5.45. The molecular weight excluding hydrogens is 212 g/mol. The Balaban J connectivity index is 2.43. The van der Waals surface area contributed by atoms with Crippen molar-refractivity contribution in [1.29, 1.82) is 0 Å². The molecule has 0 amide bonds. The van der Waals surface area contributed by atoms with E-state index >= 15 is 0 Å². The third-order valence-electron chi connectivity index (χ3n) is 2.66. The zero-order valence-electron chi connectivity index (χ0n) is 10.3. The van der Waals surface area contributed by atoms with Crippen molar-refractivity contribution in [3.05, 3.63) is 53.5 Å². The van der Waals surface area contributed by atoms with Crippen LogP contribution in [-0.4, -0.2) is 5.78 Å². The van der Waals surface area contributed by atoms with E-state index in [4.69, 9.17) is 4.42 Å². The first-order chi connectivity index (χ1) is 8.06. The highest BCUT2D eigenvalue weighted by Gasteiger charge is 2.09. The average Bonchev–Trinajstić information content (AvgIpc) is 2.28. The van der Waals surface area contributed by atoms with Crippen molar-refractivity contribution < 1.29 is 9.21 Å². The SMILES string of the molecule is CC(=O)c1ccc(-c2cc(C)[o+]c(C)c2)cc1. The maximum atomic E-state index is 11.2. The topological polar surface area (TPSA) is 28.4 Å². The Morgan fingerprint density at radius 1 is 0.941 bits per heavy atom. The molecule has 1 heterocycles. The first-order valence-electron chi connectivity index (χ1n) is 5.59. The van der Waals surface area contributed by atoms with Gasteiger partial charge in [-0.15, -0.1) is 0 Å². The molecule has 2 aromatic rings. The Labute approximate surface area is 101 Å². The van der Waals surface area contributed by atoms with Crippen LogP contribution in [0.2, 0.25) is 0 Å². The average molecular weight is 227 g/mol. The van der Waals surface area contributed by atoms with Gasteiger partial charge in [0.25, 0.3) is 0 Å². The minimum absolute atomic E-state index is 0.0898. The number of carbonyl (C=O) groups is 1. The maximum absolute atomic E-state index is 11.2. The van der Waals surface area contributed by atoms with E-state index in [2.05, 4.69) is 0 Å². The van der Waals surface area contributed by atoms with Crippen molar-refractivity contribution in [2.75, 3.05) is 0 Å². The van der Waals surface area contributed by atoms with Gasteiger partial charge in [0, 0.05) is 17.7 Å². The van der Waals surface area contributed by atoms with Gasteiger partial charge in [-0.2, -0.15) is 0 Å². The number of aryl methyl sites for hydroxylation is 2. The summed E-state index contributed by atoms with van der Waals surface area (Å²) in [6, 6.07) is 11.6. The number of benzene rings is 1. The van der Waals surface area contributed by atoms with Crippen LogP contribution in [0.4, 0.5) is 0 Å². The van der Waals surface area contributed by atoms with Crippen molar-refractivity contribution >= 4 is 5.78 Å². The molecule has 86 valence electrons. The lowest BCUT2D eigenvalue weighted by Gasteiger charge is -2.01. The summed E-state index contributed by atoms with van der Waals surface area (Å²) >= 11 is 0. The van der Waals surface area contributed by atoms with Gasteiger partial charge in [-0.25, -0.2) is 4.42 Å². The van der Waals surface area contributed by atoms with Crippen molar-refractivity contribution in [1.82, 2.24) is 0 Å². The minimum Gasteiger partial charge on any atom is -0.295 e. The fraction of sp³-hybridized carbons (Fsp3) is 0.200. The lowest BCUT2D eigenvalue weighted by atomic mass is 10.0. The Bertz CT molecular complexity index is 533. The number of hydrogen-bond donors (Lipinski definition) is 0. The molecule has 0 saturated carbocycles. The third kappa shape index (κ3) is 2.59. The highest BCUT2D eigenvalue weighted by Crippen LogP contribution is 2.22. The highest BCUT2D eigenvalue weighted by atomic mass is 16.3. The zero-order valence-corrected chi connectivity index (χ0v) is 10.3. The van der Waals surface area contributed by atoms with Crippen LogP contribution in [0.15, 0.2) is 40.8 Å². The van der Waals surface area contributed by atoms with E-state index in [-0.39, 0.29) is 5.78 Å². The van der Waals surface area contributed by atoms with E-state index in [1.807, 2.05) is 50.2 Å². The summed E-state index contributed by atoms with van der Waals surface area (Å²) in [5.74, 6) is 1.86. The van der Waals surface area contributed by atoms with Gasteiger partial charge in [-0.1, -0.05) is 24.3 Å². The lowest BCUT2D eigenvalue weighted by molar-refractivity contribution is 0.101. The summed E-state index contributed by atoms with van der Waals surface area (Å²) in [5.41, 5.74) is 2.95. The number of ketones is 1. The van der Waals surface area contributed by atoms with Crippen molar-refractivity contribution in [3.8, 4) is 11.1 Å². The molecule has 0 radical (unpaired) electrons. The van der Waals surface area contributed by atoms with Crippen LogP contribution in [0, 0.1) is 13.8 Å². The van der Waals surface area contributed by atoms with Crippen LogP contribution in [-0.2, 0) is 0 Å². The maximum Gasteiger partial charge on any atom is 0.327 e. The van der Waals surface area contributed by atoms with Gasteiger partial charge in [0.05, 0.1) is 13.8 Å². The molecule has 0 aliphatic rings. The van der Waals surface area contributed by atoms with Crippen molar-refractivity contribution in [2.45, 2.75) is 20.8 Å². The van der Waals surface area contributed by atoms with Crippen LogP contribution >= 0.6 is 0 Å². The smallest absolute Gasteiger partial charge is 0.295 e. The molecule has 0 aliphatic carbocycles. The van der Waals surface area contributed by atoms with Gasteiger partial charge in [0.1, 0.15) is 0 Å². The van der Waals surface area contributed by atoms with E-state index in [1.54, 1.807) is 6.92 Å². The van der Waals surface area contributed by atoms with Gasteiger partial charge in [0.2, 0.25) is 0 Å². The molecule has 0 spiro atoms. The quantitative estimate of drug-likeness (QED) is 0.572. The monoisotopic (exact) mass is 227 g/mol. The Hall–Kier alpha value is -1.96.